The van der Waals surface area contributed by atoms with Gasteiger partial charge in [-0.25, -0.2) is 0 Å². The zero-order valence-electron chi connectivity index (χ0n) is 10.9. The van der Waals surface area contributed by atoms with Crippen molar-refractivity contribution in [2.45, 2.75) is 60.3 Å². The van der Waals surface area contributed by atoms with Crippen LogP contribution in [0, 0.1) is 5.41 Å². The Balaban J connectivity index is 3.94. The lowest BCUT2D eigenvalue weighted by molar-refractivity contribution is 0.171. The van der Waals surface area contributed by atoms with Gasteiger partial charge in [0.2, 0.25) is 0 Å². The summed E-state index contributed by atoms with van der Waals surface area (Å²) in [5, 5.41) is 0. The van der Waals surface area contributed by atoms with E-state index in [2.05, 4.69) is 39.5 Å². The fourth-order valence-electron chi connectivity index (χ4n) is 1.68. The largest absolute Gasteiger partial charge is 0.303 e. The van der Waals surface area contributed by atoms with Crippen molar-refractivity contribution in [3.63, 3.8) is 0 Å². The van der Waals surface area contributed by atoms with Crippen LogP contribution in [0.5, 0.6) is 0 Å². The molecule has 1 heteroatoms. The lowest BCUT2D eigenvalue weighted by atomic mass is 9.89. The summed E-state index contributed by atoms with van der Waals surface area (Å²) in [5.74, 6) is 0. The number of nitrogens with zero attached hydrogens (tertiary/aromatic N) is 1. The van der Waals surface area contributed by atoms with E-state index in [1.54, 1.807) is 0 Å². The number of hydrogen-bond donors (Lipinski definition) is 0. The summed E-state index contributed by atoms with van der Waals surface area (Å²) in [4.78, 5) is 2.63. The van der Waals surface area contributed by atoms with Crippen molar-refractivity contribution < 1.29 is 0 Å². The molecule has 86 valence electrons. The molecule has 0 fully saturated rings. The topological polar surface area (TPSA) is 3.24 Å². The molecule has 0 aromatic carbocycles. The molecule has 0 bridgehead atoms. The van der Waals surface area contributed by atoms with Crippen LogP contribution in [-0.2, 0) is 0 Å². The zero-order chi connectivity index (χ0) is 11.0. The Morgan fingerprint density at radius 1 is 0.929 bits per heavy atom. The second-order valence-corrected chi connectivity index (χ2v) is 5.15. The van der Waals surface area contributed by atoms with Crippen molar-refractivity contribution >= 4 is 0 Å². The van der Waals surface area contributed by atoms with Crippen molar-refractivity contribution in [2.24, 2.45) is 5.41 Å². The lowest BCUT2D eigenvalue weighted by Gasteiger charge is -2.31. The quantitative estimate of drug-likeness (QED) is 0.572. The third-order valence-electron chi connectivity index (χ3n) is 2.98. The minimum Gasteiger partial charge on any atom is -0.303 e. The van der Waals surface area contributed by atoms with Gasteiger partial charge in [-0.05, 0) is 37.8 Å². The van der Waals surface area contributed by atoms with E-state index < -0.39 is 0 Å². The number of unbranched alkanes of at least 4 members (excludes halogenated alkanes) is 1. The Kier molecular flexibility index (Phi) is 7.26. The van der Waals surface area contributed by atoms with Crippen molar-refractivity contribution in [3.8, 4) is 0 Å². The average Bonchev–Trinajstić information content (AvgIpc) is 2.14. The number of rotatable bonds is 8. The molecule has 0 N–H and O–H groups in total. The van der Waals surface area contributed by atoms with Gasteiger partial charge >= 0.3 is 0 Å². The molecule has 0 aliphatic rings. The normalized spacial score (nSPS) is 12.4. The fraction of sp³-hybridized carbons (Fsp3) is 1.00. The first-order chi connectivity index (χ1) is 6.55. The van der Waals surface area contributed by atoms with Crippen LogP contribution < -0.4 is 0 Å². The highest BCUT2D eigenvalue weighted by Gasteiger charge is 2.18. The van der Waals surface area contributed by atoms with Crippen LogP contribution in [0.3, 0.4) is 0 Å². The maximum Gasteiger partial charge on any atom is 0.00326 e. The molecule has 0 aromatic heterocycles. The van der Waals surface area contributed by atoms with Crippen LogP contribution in [0.25, 0.3) is 0 Å². The molecule has 0 amide bonds. The second-order valence-electron chi connectivity index (χ2n) is 5.15. The van der Waals surface area contributed by atoms with Crippen LogP contribution in [0.2, 0.25) is 0 Å². The molecule has 0 heterocycles. The minimum absolute atomic E-state index is 0.489. The van der Waals surface area contributed by atoms with Crippen LogP contribution in [0.1, 0.15) is 60.3 Å². The van der Waals surface area contributed by atoms with Gasteiger partial charge in [0, 0.05) is 6.54 Å². The number of hydrogen-bond acceptors (Lipinski definition) is 1. The van der Waals surface area contributed by atoms with Crippen molar-refractivity contribution in [2.75, 3.05) is 19.6 Å². The SMILES string of the molecule is CCCCN(CCC)CC(C)(C)CC. The molecule has 0 unspecified atom stereocenters. The molecule has 0 aliphatic carbocycles. The van der Waals surface area contributed by atoms with E-state index >= 15 is 0 Å². The van der Waals surface area contributed by atoms with Gasteiger partial charge in [0.1, 0.15) is 0 Å². The Hall–Kier alpha value is -0.0400. The van der Waals surface area contributed by atoms with Crippen molar-refractivity contribution in [1.29, 1.82) is 0 Å². The molecule has 0 aromatic rings. The highest BCUT2D eigenvalue weighted by molar-refractivity contribution is 4.72. The van der Waals surface area contributed by atoms with Crippen molar-refractivity contribution in [3.05, 3.63) is 0 Å². The predicted molar refractivity (Wildman–Crippen MR) is 65.7 cm³/mol. The summed E-state index contributed by atoms with van der Waals surface area (Å²) in [5.41, 5.74) is 0.489. The third kappa shape index (κ3) is 6.42. The van der Waals surface area contributed by atoms with Gasteiger partial charge in [-0.2, -0.15) is 0 Å². The Morgan fingerprint density at radius 2 is 1.57 bits per heavy atom. The van der Waals surface area contributed by atoms with Gasteiger partial charge in [0.25, 0.3) is 0 Å². The predicted octanol–water partition coefficient (Wildman–Crippen LogP) is 3.93. The highest BCUT2D eigenvalue weighted by atomic mass is 15.1. The standard InChI is InChI=1S/C13H29N/c1-6-9-11-14(10-7-2)12-13(4,5)8-3/h6-12H2,1-5H3. The summed E-state index contributed by atoms with van der Waals surface area (Å²) in [6.07, 6.45) is 5.22. The van der Waals surface area contributed by atoms with E-state index in [1.807, 2.05) is 0 Å². The first-order valence-electron chi connectivity index (χ1n) is 6.28. The highest BCUT2D eigenvalue weighted by Crippen LogP contribution is 2.21. The third-order valence-corrected chi connectivity index (χ3v) is 2.98. The van der Waals surface area contributed by atoms with Gasteiger partial charge in [0.05, 0.1) is 0 Å². The maximum absolute atomic E-state index is 2.63. The van der Waals surface area contributed by atoms with E-state index in [0.717, 1.165) is 0 Å². The molecule has 0 radical (unpaired) electrons. The second kappa shape index (κ2) is 7.28. The molecule has 0 aliphatic heterocycles. The summed E-state index contributed by atoms with van der Waals surface area (Å²) in [6.45, 7) is 15.4. The molecule has 0 atom stereocenters. The van der Waals surface area contributed by atoms with E-state index in [4.69, 9.17) is 0 Å². The van der Waals surface area contributed by atoms with E-state index in [0.29, 0.717) is 5.41 Å². The summed E-state index contributed by atoms with van der Waals surface area (Å²) < 4.78 is 0. The molecule has 0 rings (SSSR count). The summed E-state index contributed by atoms with van der Waals surface area (Å²) in [6, 6.07) is 0. The molecular formula is C13H29N. The van der Waals surface area contributed by atoms with Crippen LogP contribution in [-0.4, -0.2) is 24.5 Å². The molecule has 0 saturated heterocycles. The molecule has 0 spiro atoms. The zero-order valence-corrected chi connectivity index (χ0v) is 10.9. The first kappa shape index (κ1) is 14.0. The minimum atomic E-state index is 0.489. The van der Waals surface area contributed by atoms with E-state index in [9.17, 15) is 0 Å². The Labute approximate surface area is 90.9 Å². The van der Waals surface area contributed by atoms with Crippen molar-refractivity contribution in [1.82, 2.24) is 4.90 Å². The Bertz CT molecular complexity index is 129. The monoisotopic (exact) mass is 199 g/mol. The lowest BCUT2D eigenvalue weighted by Crippen LogP contribution is -2.35. The summed E-state index contributed by atoms with van der Waals surface area (Å²) >= 11 is 0. The van der Waals surface area contributed by atoms with Gasteiger partial charge in [-0.1, -0.05) is 41.0 Å². The molecule has 14 heavy (non-hydrogen) atoms. The van der Waals surface area contributed by atoms with Gasteiger partial charge < -0.3 is 4.90 Å². The smallest absolute Gasteiger partial charge is 0.00326 e. The van der Waals surface area contributed by atoms with E-state index in [-0.39, 0.29) is 0 Å². The van der Waals surface area contributed by atoms with Gasteiger partial charge in [-0.15, -0.1) is 0 Å². The van der Waals surface area contributed by atoms with Gasteiger partial charge in [0.15, 0.2) is 0 Å². The van der Waals surface area contributed by atoms with Gasteiger partial charge in [-0.3, -0.25) is 0 Å². The fourth-order valence-corrected chi connectivity index (χ4v) is 1.68. The van der Waals surface area contributed by atoms with E-state index in [1.165, 1.54) is 45.3 Å². The van der Waals surface area contributed by atoms with Crippen LogP contribution >= 0.6 is 0 Å². The van der Waals surface area contributed by atoms with Crippen LogP contribution in [0.15, 0.2) is 0 Å². The summed E-state index contributed by atoms with van der Waals surface area (Å²) in [7, 11) is 0. The maximum atomic E-state index is 2.63. The Morgan fingerprint density at radius 3 is 2.00 bits per heavy atom. The first-order valence-corrected chi connectivity index (χ1v) is 6.28. The molecule has 0 saturated carbocycles. The molecular weight excluding hydrogens is 170 g/mol. The van der Waals surface area contributed by atoms with Crippen LogP contribution in [0.4, 0.5) is 0 Å². The average molecular weight is 199 g/mol. The molecule has 1 nitrogen and oxygen atoms in total.